The van der Waals surface area contributed by atoms with Crippen LogP contribution in [0.5, 0.6) is 0 Å². The minimum Gasteiger partial charge on any atom is -0.368 e. The lowest BCUT2D eigenvalue weighted by Gasteiger charge is -2.40. The monoisotopic (exact) mass is 248 g/mol. The fourth-order valence-electron chi connectivity index (χ4n) is 3.55. The number of halogens is 1. The molecule has 2 aliphatic heterocycles. The second-order valence-corrected chi connectivity index (χ2v) is 6.27. The zero-order valence-electron chi connectivity index (χ0n) is 11.1. The van der Waals surface area contributed by atoms with Crippen molar-refractivity contribution in [2.75, 3.05) is 24.5 Å². The van der Waals surface area contributed by atoms with Crippen LogP contribution >= 0.6 is 0 Å². The Morgan fingerprint density at radius 2 is 2.11 bits per heavy atom. The van der Waals surface area contributed by atoms with Gasteiger partial charge in [0.1, 0.15) is 5.82 Å². The van der Waals surface area contributed by atoms with E-state index >= 15 is 0 Å². The highest BCUT2D eigenvalue weighted by Crippen LogP contribution is 2.40. The quantitative estimate of drug-likeness (QED) is 0.822. The van der Waals surface area contributed by atoms with Crippen LogP contribution in [-0.2, 0) is 0 Å². The first kappa shape index (κ1) is 12.0. The maximum absolute atomic E-state index is 13.8. The number of anilines is 1. The van der Waals surface area contributed by atoms with Gasteiger partial charge in [0.05, 0.1) is 5.69 Å². The lowest BCUT2D eigenvalue weighted by molar-refractivity contribution is 0.227. The molecule has 2 fully saturated rings. The molecular formula is C15H21FN2. The Morgan fingerprint density at radius 1 is 1.33 bits per heavy atom. The summed E-state index contributed by atoms with van der Waals surface area (Å²) in [6.45, 7) is 7.64. The van der Waals surface area contributed by atoms with Gasteiger partial charge in [-0.3, -0.25) is 0 Å². The normalized spacial score (nSPS) is 30.3. The van der Waals surface area contributed by atoms with Crippen molar-refractivity contribution in [3.63, 3.8) is 0 Å². The van der Waals surface area contributed by atoms with Crippen LogP contribution in [0.2, 0.25) is 0 Å². The fourth-order valence-corrected chi connectivity index (χ4v) is 3.55. The molecule has 2 saturated heterocycles. The van der Waals surface area contributed by atoms with Crippen molar-refractivity contribution in [2.45, 2.75) is 26.3 Å². The maximum atomic E-state index is 13.8. The summed E-state index contributed by atoms with van der Waals surface area (Å²) in [7, 11) is 0. The average molecular weight is 248 g/mol. The van der Waals surface area contributed by atoms with Crippen molar-refractivity contribution in [3.8, 4) is 0 Å². The molecule has 1 aromatic carbocycles. The molecule has 3 rings (SSSR count). The smallest absolute Gasteiger partial charge is 0.146 e. The summed E-state index contributed by atoms with van der Waals surface area (Å²) in [4.78, 5) is 2.19. The zero-order chi connectivity index (χ0) is 12.8. The summed E-state index contributed by atoms with van der Waals surface area (Å²) in [5, 5.41) is 3.60. The molecule has 0 bridgehead atoms. The molecule has 0 radical (unpaired) electrons. The molecule has 98 valence electrons. The molecule has 0 spiro atoms. The van der Waals surface area contributed by atoms with Crippen molar-refractivity contribution in [2.24, 2.45) is 11.3 Å². The van der Waals surface area contributed by atoms with Gasteiger partial charge in [0.15, 0.2) is 0 Å². The molecule has 0 amide bonds. The average Bonchev–Trinajstić information content (AvgIpc) is 2.66. The number of piperidine rings is 1. The number of benzene rings is 1. The molecular weight excluding hydrogens is 227 g/mol. The number of fused-ring (bicyclic) bond motifs is 1. The molecule has 2 aliphatic rings. The Kier molecular flexibility index (Phi) is 2.81. The Labute approximate surface area is 108 Å². The van der Waals surface area contributed by atoms with Crippen molar-refractivity contribution in [3.05, 3.63) is 30.1 Å². The topological polar surface area (TPSA) is 15.3 Å². The van der Waals surface area contributed by atoms with E-state index in [2.05, 4.69) is 24.1 Å². The third kappa shape index (κ3) is 1.91. The molecule has 18 heavy (non-hydrogen) atoms. The summed E-state index contributed by atoms with van der Waals surface area (Å²) < 4.78 is 13.8. The number of hydrogen-bond donors (Lipinski definition) is 1. The third-order valence-electron chi connectivity index (χ3n) is 4.63. The van der Waals surface area contributed by atoms with Crippen LogP contribution in [0.25, 0.3) is 0 Å². The van der Waals surface area contributed by atoms with Gasteiger partial charge in [-0.25, -0.2) is 4.39 Å². The van der Waals surface area contributed by atoms with Crippen molar-refractivity contribution >= 4 is 5.69 Å². The molecule has 2 atom stereocenters. The van der Waals surface area contributed by atoms with Gasteiger partial charge < -0.3 is 10.2 Å². The Balaban J connectivity index is 1.78. The van der Waals surface area contributed by atoms with Crippen molar-refractivity contribution < 1.29 is 4.39 Å². The van der Waals surface area contributed by atoms with Crippen LogP contribution < -0.4 is 10.2 Å². The standard InChI is InChI=1S/C15H21FN2/c1-15(2)10-17-13-9-18(8-7-11(13)15)14-6-4-3-5-12(14)16/h3-6,11,13,17H,7-10H2,1-2H3. The summed E-state index contributed by atoms with van der Waals surface area (Å²) in [6.07, 6.45) is 1.15. The van der Waals surface area contributed by atoms with Crippen LogP contribution in [0.15, 0.2) is 24.3 Å². The summed E-state index contributed by atoms with van der Waals surface area (Å²) in [6, 6.07) is 7.61. The van der Waals surface area contributed by atoms with E-state index in [0.29, 0.717) is 11.5 Å². The molecule has 1 aromatic rings. The minimum absolute atomic E-state index is 0.104. The lowest BCUT2D eigenvalue weighted by atomic mass is 9.75. The van der Waals surface area contributed by atoms with E-state index in [-0.39, 0.29) is 5.82 Å². The van der Waals surface area contributed by atoms with E-state index < -0.39 is 0 Å². The van der Waals surface area contributed by atoms with Gasteiger partial charge in [-0.2, -0.15) is 0 Å². The molecule has 0 saturated carbocycles. The minimum atomic E-state index is -0.104. The van der Waals surface area contributed by atoms with E-state index in [0.717, 1.165) is 37.7 Å². The summed E-state index contributed by atoms with van der Waals surface area (Å²) >= 11 is 0. The maximum Gasteiger partial charge on any atom is 0.146 e. The van der Waals surface area contributed by atoms with E-state index in [1.165, 1.54) is 0 Å². The first-order chi connectivity index (χ1) is 8.58. The second-order valence-electron chi connectivity index (χ2n) is 6.27. The van der Waals surface area contributed by atoms with Gasteiger partial charge in [0.25, 0.3) is 0 Å². The Bertz CT molecular complexity index is 444. The highest BCUT2D eigenvalue weighted by molar-refractivity contribution is 5.48. The second kappa shape index (κ2) is 4.23. The van der Waals surface area contributed by atoms with Crippen LogP contribution in [0.4, 0.5) is 10.1 Å². The van der Waals surface area contributed by atoms with Crippen LogP contribution in [0.3, 0.4) is 0 Å². The number of nitrogens with one attached hydrogen (secondary N) is 1. The molecule has 1 N–H and O–H groups in total. The molecule has 0 aromatic heterocycles. The van der Waals surface area contributed by atoms with Gasteiger partial charge in [-0.05, 0) is 29.9 Å². The van der Waals surface area contributed by atoms with Gasteiger partial charge in [-0.1, -0.05) is 26.0 Å². The van der Waals surface area contributed by atoms with E-state index in [4.69, 9.17) is 0 Å². The molecule has 3 heteroatoms. The largest absolute Gasteiger partial charge is 0.368 e. The predicted octanol–water partition coefficient (Wildman–Crippen LogP) is 2.65. The summed E-state index contributed by atoms with van der Waals surface area (Å²) in [5.41, 5.74) is 1.13. The molecule has 0 aliphatic carbocycles. The highest BCUT2D eigenvalue weighted by Gasteiger charge is 2.44. The van der Waals surface area contributed by atoms with Crippen LogP contribution in [0.1, 0.15) is 20.3 Å². The first-order valence-corrected chi connectivity index (χ1v) is 6.81. The number of rotatable bonds is 1. The summed E-state index contributed by atoms with van der Waals surface area (Å²) in [5.74, 6) is 0.619. The third-order valence-corrected chi connectivity index (χ3v) is 4.63. The number of nitrogens with zero attached hydrogens (tertiary/aromatic N) is 1. The van der Waals surface area contributed by atoms with Crippen molar-refractivity contribution in [1.82, 2.24) is 5.32 Å². The van der Waals surface area contributed by atoms with Crippen molar-refractivity contribution in [1.29, 1.82) is 0 Å². The van der Waals surface area contributed by atoms with Gasteiger partial charge in [0.2, 0.25) is 0 Å². The van der Waals surface area contributed by atoms with E-state index in [9.17, 15) is 4.39 Å². The first-order valence-electron chi connectivity index (χ1n) is 6.81. The van der Waals surface area contributed by atoms with Gasteiger partial charge in [-0.15, -0.1) is 0 Å². The van der Waals surface area contributed by atoms with Crippen LogP contribution in [0, 0.1) is 17.2 Å². The van der Waals surface area contributed by atoms with Gasteiger partial charge >= 0.3 is 0 Å². The zero-order valence-corrected chi connectivity index (χ0v) is 11.1. The van der Waals surface area contributed by atoms with Gasteiger partial charge in [0, 0.05) is 25.7 Å². The fraction of sp³-hybridized carbons (Fsp3) is 0.600. The van der Waals surface area contributed by atoms with Crippen LogP contribution in [-0.4, -0.2) is 25.7 Å². The molecule has 2 heterocycles. The number of para-hydroxylation sites is 1. The number of hydrogen-bond acceptors (Lipinski definition) is 2. The Hall–Kier alpha value is -1.09. The Morgan fingerprint density at radius 3 is 2.89 bits per heavy atom. The SMILES string of the molecule is CC1(C)CNC2CN(c3ccccc3F)CCC21. The van der Waals surface area contributed by atoms with E-state index in [1.807, 2.05) is 12.1 Å². The predicted molar refractivity (Wildman–Crippen MR) is 72.3 cm³/mol. The highest BCUT2D eigenvalue weighted by atomic mass is 19.1. The molecule has 2 nitrogen and oxygen atoms in total. The van der Waals surface area contributed by atoms with E-state index in [1.54, 1.807) is 12.1 Å². The lowest BCUT2D eigenvalue weighted by Crippen LogP contribution is -2.48. The molecule has 2 unspecified atom stereocenters.